The number of hydrogen-bond donors (Lipinski definition) is 2. The molecule has 2 saturated carbocycles. The third-order valence-corrected chi connectivity index (χ3v) is 8.32. The van der Waals surface area contributed by atoms with Crippen LogP contribution in [0.15, 0.2) is 30.7 Å². The topological polar surface area (TPSA) is 109 Å². The summed E-state index contributed by atoms with van der Waals surface area (Å²) < 4.78 is 58.1. The molecule has 2 aliphatic carbocycles. The molecule has 0 radical (unpaired) electrons. The van der Waals surface area contributed by atoms with E-state index in [1.807, 2.05) is 13.8 Å². The lowest BCUT2D eigenvalue weighted by Crippen LogP contribution is -2.60. The molecule has 3 aromatic rings. The average molecular weight is 577 g/mol. The number of hydrogen-bond acceptors (Lipinski definition) is 5. The van der Waals surface area contributed by atoms with E-state index in [4.69, 9.17) is 0 Å². The van der Waals surface area contributed by atoms with Crippen LogP contribution in [0.2, 0.25) is 0 Å². The molecule has 3 fully saturated rings. The van der Waals surface area contributed by atoms with Gasteiger partial charge in [0, 0.05) is 51.0 Å². The molecule has 14 heteroatoms. The molecule has 0 unspecified atom stereocenters. The number of rotatable bonds is 7. The Morgan fingerprint density at radius 1 is 1.17 bits per heavy atom. The Hall–Kier alpha value is -3.71. The van der Waals surface area contributed by atoms with Crippen LogP contribution in [0, 0.1) is 5.92 Å². The first kappa shape index (κ1) is 27.5. The number of fused-ring (bicyclic) bond motifs is 1. The van der Waals surface area contributed by atoms with Crippen molar-refractivity contribution < 1.29 is 27.2 Å². The second kappa shape index (κ2) is 9.69. The molecule has 0 aromatic carbocycles. The number of carbonyl (C=O) groups is 2. The lowest BCUT2D eigenvalue weighted by atomic mass is 9.74. The van der Waals surface area contributed by atoms with Crippen LogP contribution in [0.5, 0.6) is 0 Å². The lowest BCUT2D eigenvalue weighted by Gasteiger charge is -2.43. The zero-order valence-corrected chi connectivity index (χ0v) is 22.8. The Labute approximate surface area is 233 Å². The summed E-state index contributed by atoms with van der Waals surface area (Å²) in [6.45, 7) is 4.23. The van der Waals surface area contributed by atoms with Gasteiger partial charge in [0.05, 0.1) is 29.7 Å². The van der Waals surface area contributed by atoms with E-state index in [9.17, 15) is 27.2 Å². The predicted octanol–water partition coefficient (Wildman–Crippen LogP) is 4.50. The SMILES string of the molecule is CC(C)n1ccc(C(=O)N[C@H](c2cn3ncc(CN4CC5(CC(F)(F)C5)NC4=O)cc3n2)C2CCC(F)(F)CC2)n1. The Bertz CT molecular complexity index is 1470. The molecule has 6 rings (SSSR count). The number of urea groups is 1. The van der Waals surface area contributed by atoms with Crippen LogP contribution in [0.3, 0.4) is 0 Å². The number of halogens is 4. The Balaban J connectivity index is 1.22. The standard InChI is InChI=1S/C27H32F4N8O2/c1-16(2)38-8-5-19(36-38)23(40)34-22(18-3-6-26(28,29)7-4-18)20-12-39-21(33-20)9-17(10-32-39)11-37-15-25(35-24(37)41)13-27(30,31)14-25/h5,8-10,12,16,18,22H,3-4,6-7,11,13-15H2,1-2H3,(H,34,40)(H,35,41)/t22-/m0/s1. The van der Waals surface area contributed by atoms with Gasteiger partial charge in [0.25, 0.3) is 11.8 Å². The summed E-state index contributed by atoms with van der Waals surface area (Å²) in [6, 6.07) is 2.38. The molecular formula is C27H32F4N8O2. The van der Waals surface area contributed by atoms with Crippen molar-refractivity contribution in [2.75, 3.05) is 6.54 Å². The maximum atomic E-state index is 14.0. The molecular weight excluding hydrogens is 544 g/mol. The lowest BCUT2D eigenvalue weighted by molar-refractivity contribution is -0.125. The van der Waals surface area contributed by atoms with Crippen molar-refractivity contribution in [3.05, 3.63) is 47.7 Å². The molecule has 1 spiro atoms. The second-order valence-corrected chi connectivity index (χ2v) is 12.0. The monoisotopic (exact) mass is 576 g/mol. The molecule has 3 aromatic heterocycles. The van der Waals surface area contributed by atoms with Crippen LogP contribution < -0.4 is 10.6 Å². The average Bonchev–Trinajstić information content (AvgIpc) is 3.59. The van der Waals surface area contributed by atoms with Gasteiger partial charge >= 0.3 is 6.03 Å². The summed E-state index contributed by atoms with van der Waals surface area (Å²) in [7, 11) is 0. The van der Waals surface area contributed by atoms with E-state index >= 15 is 0 Å². The Morgan fingerprint density at radius 2 is 1.90 bits per heavy atom. The highest BCUT2D eigenvalue weighted by molar-refractivity contribution is 5.92. The fourth-order valence-corrected chi connectivity index (χ4v) is 6.23. The van der Waals surface area contributed by atoms with Gasteiger partial charge in [-0.2, -0.15) is 10.2 Å². The first-order valence-electron chi connectivity index (χ1n) is 13.8. The first-order chi connectivity index (χ1) is 19.3. The van der Waals surface area contributed by atoms with Gasteiger partial charge in [-0.05, 0) is 50.3 Å². The second-order valence-electron chi connectivity index (χ2n) is 12.0. The summed E-state index contributed by atoms with van der Waals surface area (Å²) in [5.41, 5.74) is 0.916. The van der Waals surface area contributed by atoms with Gasteiger partial charge in [-0.3, -0.25) is 9.48 Å². The van der Waals surface area contributed by atoms with Crippen molar-refractivity contribution in [3.8, 4) is 0 Å². The van der Waals surface area contributed by atoms with Crippen LogP contribution in [-0.2, 0) is 6.54 Å². The number of nitrogens with zero attached hydrogens (tertiary/aromatic N) is 6. The molecule has 3 aliphatic rings. The fraction of sp³-hybridized carbons (Fsp3) is 0.593. The van der Waals surface area contributed by atoms with Gasteiger partial charge in [-0.1, -0.05) is 0 Å². The van der Waals surface area contributed by atoms with Crippen LogP contribution in [0.4, 0.5) is 22.4 Å². The number of amides is 3. The minimum Gasteiger partial charge on any atom is -0.342 e. The molecule has 3 amide bonds. The third-order valence-electron chi connectivity index (χ3n) is 8.32. The minimum atomic E-state index is -2.76. The number of alkyl halides is 4. The zero-order chi connectivity index (χ0) is 29.2. The Morgan fingerprint density at radius 3 is 2.56 bits per heavy atom. The molecule has 220 valence electrons. The van der Waals surface area contributed by atoms with Crippen LogP contribution in [0.25, 0.3) is 5.65 Å². The maximum Gasteiger partial charge on any atom is 0.318 e. The van der Waals surface area contributed by atoms with Gasteiger partial charge in [0.2, 0.25) is 5.92 Å². The number of nitrogens with one attached hydrogen (secondary N) is 2. The smallest absolute Gasteiger partial charge is 0.318 e. The molecule has 10 nitrogen and oxygen atoms in total. The van der Waals surface area contributed by atoms with Gasteiger partial charge in [-0.15, -0.1) is 0 Å². The molecule has 41 heavy (non-hydrogen) atoms. The third kappa shape index (κ3) is 5.47. The summed E-state index contributed by atoms with van der Waals surface area (Å²) in [6.07, 6.45) is 4.09. The number of carbonyl (C=O) groups excluding carboxylic acids is 2. The summed E-state index contributed by atoms with van der Waals surface area (Å²) >= 11 is 0. The van der Waals surface area contributed by atoms with E-state index in [1.165, 1.54) is 9.42 Å². The van der Waals surface area contributed by atoms with Crippen LogP contribution in [-0.4, -0.2) is 65.1 Å². The van der Waals surface area contributed by atoms with Gasteiger partial charge in [0.1, 0.15) is 5.69 Å². The van der Waals surface area contributed by atoms with Gasteiger partial charge in [-0.25, -0.2) is 31.9 Å². The number of aromatic nitrogens is 5. The largest absolute Gasteiger partial charge is 0.342 e. The highest BCUT2D eigenvalue weighted by Gasteiger charge is 2.61. The van der Waals surface area contributed by atoms with E-state index < -0.39 is 35.4 Å². The summed E-state index contributed by atoms with van der Waals surface area (Å²) in [4.78, 5) is 31.8. The van der Waals surface area contributed by atoms with E-state index in [1.54, 1.807) is 35.4 Å². The fourth-order valence-electron chi connectivity index (χ4n) is 6.23. The number of imidazole rings is 1. The molecule has 1 aliphatic heterocycles. The molecule has 1 atom stereocenters. The highest BCUT2D eigenvalue weighted by Crippen LogP contribution is 2.48. The summed E-state index contributed by atoms with van der Waals surface area (Å²) in [5.74, 6) is -6.18. The van der Waals surface area contributed by atoms with E-state index in [2.05, 4.69) is 25.8 Å². The van der Waals surface area contributed by atoms with Crippen molar-refractivity contribution in [2.45, 2.75) is 88.4 Å². The molecule has 4 heterocycles. The van der Waals surface area contributed by atoms with E-state index in [0.29, 0.717) is 16.9 Å². The quantitative estimate of drug-likeness (QED) is 0.403. The summed E-state index contributed by atoms with van der Waals surface area (Å²) in [5, 5.41) is 14.4. The van der Waals surface area contributed by atoms with Crippen molar-refractivity contribution in [1.82, 2.24) is 39.9 Å². The predicted molar refractivity (Wildman–Crippen MR) is 139 cm³/mol. The minimum absolute atomic E-state index is 0.0680. The van der Waals surface area contributed by atoms with Crippen molar-refractivity contribution in [1.29, 1.82) is 0 Å². The van der Waals surface area contributed by atoms with Crippen molar-refractivity contribution >= 4 is 17.6 Å². The highest BCUT2D eigenvalue weighted by atomic mass is 19.3. The maximum absolute atomic E-state index is 14.0. The Kier molecular flexibility index (Phi) is 6.49. The van der Waals surface area contributed by atoms with Crippen molar-refractivity contribution in [3.63, 3.8) is 0 Å². The van der Waals surface area contributed by atoms with Crippen LogP contribution in [0.1, 0.15) is 86.2 Å². The van der Waals surface area contributed by atoms with Gasteiger partial charge < -0.3 is 15.5 Å². The molecule has 2 N–H and O–H groups in total. The normalized spacial score (nSPS) is 22.2. The molecule has 1 saturated heterocycles. The van der Waals surface area contributed by atoms with Crippen LogP contribution >= 0.6 is 0 Å². The van der Waals surface area contributed by atoms with Crippen molar-refractivity contribution in [2.24, 2.45) is 5.92 Å². The van der Waals surface area contributed by atoms with Gasteiger partial charge in [0.15, 0.2) is 5.65 Å². The zero-order valence-electron chi connectivity index (χ0n) is 22.8. The van der Waals surface area contributed by atoms with E-state index in [-0.39, 0.29) is 69.3 Å². The van der Waals surface area contributed by atoms with E-state index in [0.717, 1.165) is 0 Å². The first-order valence-corrected chi connectivity index (χ1v) is 13.8. The molecule has 0 bridgehead atoms.